The highest BCUT2D eigenvalue weighted by Crippen LogP contribution is 2.29. The lowest BCUT2D eigenvalue weighted by Crippen LogP contribution is -2.46. The van der Waals surface area contributed by atoms with Crippen LogP contribution in [0.2, 0.25) is 5.02 Å². The lowest BCUT2D eigenvalue weighted by molar-refractivity contribution is 0.0712. The van der Waals surface area contributed by atoms with Gasteiger partial charge in [0.05, 0.1) is 5.02 Å². The van der Waals surface area contributed by atoms with Crippen molar-refractivity contribution in [2.24, 2.45) is 0 Å². The van der Waals surface area contributed by atoms with Crippen LogP contribution in [0, 0.1) is 0 Å². The summed E-state index contributed by atoms with van der Waals surface area (Å²) in [5.74, 6) is 0.0850. The van der Waals surface area contributed by atoms with Gasteiger partial charge in [-0.3, -0.25) is 4.79 Å². The van der Waals surface area contributed by atoms with Crippen LogP contribution in [0.3, 0.4) is 0 Å². The van der Waals surface area contributed by atoms with E-state index in [1.807, 2.05) is 4.90 Å². The normalized spacial score (nSPS) is 23.3. The van der Waals surface area contributed by atoms with Crippen molar-refractivity contribution >= 4 is 17.5 Å². The first-order valence-electron chi connectivity index (χ1n) is 7.12. The van der Waals surface area contributed by atoms with Gasteiger partial charge in [-0.1, -0.05) is 18.0 Å². The third kappa shape index (κ3) is 3.12. The van der Waals surface area contributed by atoms with E-state index in [2.05, 4.69) is 10.3 Å². The number of halogens is 1. The predicted molar refractivity (Wildman–Crippen MR) is 75.5 cm³/mol. The van der Waals surface area contributed by atoms with E-state index in [1.165, 1.54) is 19.3 Å². The number of hydrogen-bond acceptors (Lipinski definition) is 2. The number of rotatable bonds is 4. The van der Waals surface area contributed by atoms with Gasteiger partial charge in [-0.05, 0) is 38.3 Å². The molecule has 1 aliphatic heterocycles. The SMILES string of the molecule is O=C(c1cc(Cl)c[nH]1)N(CC1CCCCN1)C1CC1. The summed E-state index contributed by atoms with van der Waals surface area (Å²) in [6.07, 6.45) is 7.61. The molecule has 1 unspecified atom stereocenters. The van der Waals surface area contributed by atoms with Gasteiger partial charge in [0.1, 0.15) is 5.69 Å². The molecule has 1 aromatic rings. The minimum absolute atomic E-state index is 0.0850. The summed E-state index contributed by atoms with van der Waals surface area (Å²) < 4.78 is 0. The van der Waals surface area contributed by atoms with Crippen LogP contribution < -0.4 is 5.32 Å². The Hall–Kier alpha value is -1.00. The number of carbonyl (C=O) groups is 1. The van der Waals surface area contributed by atoms with Crippen LogP contribution in [0.4, 0.5) is 0 Å². The molecule has 1 saturated heterocycles. The fourth-order valence-electron chi connectivity index (χ4n) is 2.75. The molecular formula is C14H20ClN3O. The second-order valence-corrected chi connectivity index (χ2v) is 6.00. The van der Waals surface area contributed by atoms with Crippen molar-refractivity contribution in [3.05, 3.63) is 23.0 Å². The van der Waals surface area contributed by atoms with Crippen molar-refractivity contribution in [1.82, 2.24) is 15.2 Å². The summed E-state index contributed by atoms with van der Waals surface area (Å²) in [5.41, 5.74) is 0.604. The van der Waals surface area contributed by atoms with E-state index in [0.29, 0.717) is 22.8 Å². The van der Waals surface area contributed by atoms with Gasteiger partial charge in [0.25, 0.3) is 5.91 Å². The first kappa shape index (κ1) is 13.0. The molecule has 0 bridgehead atoms. The first-order valence-corrected chi connectivity index (χ1v) is 7.50. The molecular weight excluding hydrogens is 262 g/mol. The van der Waals surface area contributed by atoms with Gasteiger partial charge < -0.3 is 15.2 Å². The quantitative estimate of drug-likeness (QED) is 0.890. The smallest absolute Gasteiger partial charge is 0.270 e. The summed E-state index contributed by atoms with van der Waals surface area (Å²) in [4.78, 5) is 17.5. The molecule has 1 saturated carbocycles. The second kappa shape index (κ2) is 5.55. The number of H-pyrrole nitrogens is 1. The van der Waals surface area contributed by atoms with Crippen LogP contribution in [0.1, 0.15) is 42.6 Å². The second-order valence-electron chi connectivity index (χ2n) is 5.57. The molecule has 19 heavy (non-hydrogen) atoms. The monoisotopic (exact) mass is 281 g/mol. The molecule has 1 amide bonds. The fourth-order valence-corrected chi connectivity index (χ4v) is 2.91. The highest BCUT2D eigenvalue weighted by atomic mass is 35.5. The van der Waals surface area contributed by atoms with E-state index in [9.17, 15) is 4.79 Å². The minimum atomic E-state index is 0.0850. The Labute approximate surface area is 118 Å². The van der Waals surface area contributed by atoms with E-state index in [1.54, 1.807) is 12.3 Å². The summed E-state index contributed by atoms with van der Waals surface area (Å²) in [5, 5.41) is 4.11. The molecule has 3 rings (SSSR count). The van der Waals surface area contributed by atoms with Crippen LogP contribution in [0.15, 0.2) is 12.3 Å². The van der Waals surface area contributed by atoms with E-state index in [4.69, 9.17) is 11.6 Å². The van der Waals surface area contributed by atoms with Crippen molar-refractivity contribution in [2.75, 3.05) is 13.1 Å². The number of carbonyl (C=O) groups excluding carboxylic acids is 1. The maximum atomic E-state index is 12.5. The molecule has 1 aliphatic carbocycles. The van der Waals surface area contributed by atoms with Crippen LogP contribution in [-0.2, 0) is 0 Å². The molecule has 2 aliphatic rings. The Bertz CT molecular complexity index is 449. The topological polar surface area (TPSA) is 48.1 Å². The Kier molecular flexibility index (Phi) is 3.80. The zero-order chi connectivity index (χ0) is 13.2. The summed E-state index contributed by atoms with van der Waals surface area (Å²) in [6.45, 7) is 1.89. The molecule has 0 aromatic carbocycles. The number of nitrogens with one attached hydrogen (secondary N) is 2. The molecule has 1 atom stereocenters. The maximum Gasteiger partial charge on any atom is 0.270 e. The molecule has 5 heteroatoms. The Morgan fingerprint density at radius 1 is 1.37 bits per heavy atom. The zero-order valence-electron chi connectivity index (χ0n) is 11.0. The lowest BCUT2D eigenvalue weighted by atomic mass is 10.0. The van der Waals surface area contributed by atoms with E-state index in [0.717, 1.165) is 25.9 Å². The van der Waals surface area contributed by atoms with Crippen LogP contribution in [0.25, 0.3) is 0 Å². The maximum absolute atomic E-state index is 12.5. The van der Waals surface area contributed by atoms with Gasteiger partial charge in [-0.25, -0.2) is 0 Å². The first-order chi connectivity index (χ1) is 9.24. The van der Waals surface area contributed by atoms with Gasteiger partial charge in [0.15, 0.2) is 0 Å². The average Bonchev–Trinajstić information content (AvgIpc) is 3.18. The van der Waals surface area contributed by atoms with Crippen molar-refractivity contribution in [1.29, 1.82) is 0 Å². The number of nitrogens with zero attached hydrogens (tertiary/aromatic N) is 1. The fraction of sp³-hybridized carbons (Fsp3) is 0.643. The van der Waals surface area contributed by atoms with Gasteiger partial charge in [0, 0.05) is 24.8 Å². The van der Waals surface area contributed by atoms with Crippen molar-refractivity contribution < 1.29 is 4.79 Å². The van der Waals surface area contributed by atoms with E-state index < -0.39 is 0 Å². The molecule has 104 valence electrons. The summed E-state index contributed by atoms with van der Waals surface area (Å²) >= 11 is 5.88. The third-order valence-electron chi connectivity index (χ3n) is 3.96. The predicted octanol–water partition coefficient (Wildman–Crippen LogP) is 2.41. The van der Waals surface area contributed by atoms with Crippen LogP contribution >= 0.6 is 11.6 Å². The highest BCUT2D eigenvalue weighted by Gasteiger charge is 2.35. The van der Waals surface area contributed by atoms with Gasteiger partial charge >= 0.3 is 0 Å². The standard InChI is InChI=1S/C14H20ClN3O/c15-10-7-13(17-8-10)14(19)18(12-4-5-12)9-11-3-1-2-6-16-11/h7-8,11-12,16-17H,1-6,9H2. The molecule has 0 spiro atoms. The number of aromatic nitrogens is 1. The molecule has 1 aromatic heterocycles. The largest absolute Gasteiger partial charge is 0.356 e. The zero-order valence-corrected chi connectivity index (χ0v) is 11.7. The number of piperidine rings is 1. The highest BCUT2D eigenvalue weighted by molar-refractivity contribution is 6.30. The van der Waals surface area contributed by atoms with Crippen molar-refractivity contribution in [3.63, 3.8) is 0 Å². The van der Waals surface area contributed by atoms with Crippen LogP contribution in [0.5, 0.6) is 0 Å². The minimum Gasteiger partial charge on any atom is -0.356 e. The Morgan fingerprint density at radius 3 is 2.79 bits per heavy atom. The van der Waals surface area contributed by atoms with Gasteiger partial charge in [-0.2, -0.15) is 0 Å². The van der Waals surface area contributed by atoms with Crippen molar-refractivity contribution in [2.45, 2.75) is 44.2 Å². The molecule has 2 fully saturated rings. The third-order valence-corrected chi connectivity index (χ3v) is 4.17. The Balaban J connectivity index is 1.68. The Morgan fingerprint density at radius 2 is 2.21 bits per heavy atom. The number of aromatic amines is 1. The van der Waals surface area contributed by atoms with E-state index in [-0.39, 0.29) is 5.91 Å². The summed E-state index contributed by atoms with van der Waals surface area (Å²) in [7, 11) is 0. The van der Waals surface area contributed by atoms with Gasteiger partial charge in [-0.15, -0.1) is 0 Å². The van der Waals surface area contributed by atoms with Crippen molar-refractivity contribution in [3.8, 4) is 0 Å². The molecule has 2 heterocycles. The van der Waals surface area contributed by atoms with E-state index >= 15 is 0 Å². The number of hydrogen-bond donors (Lipinski definition) is 2. The molecule has 4 nitrogen and oxygen atoms in total. The molecule has 2 N–H and O–H groups in total. The average molecular weight is 282 g/mol. The number of amides is 1. The summed E-state index contributed by atoms with van der Waals surface area (Å²) in [6, 6.07) is 2.59. The lowest BCUT2D eigenvalue weighted by Gasteiger charge is -2.30. The van der Waals surface area contributed by atoms with Crippen LogP contribution in [-0.4, -0.2) is 41.0 Å². The molecule has 0 radical (unpaired) electrons. The van der Waals surface area contributed by atoms with Gasteiger partial charge in [0.2, 0.25) is 0 Å².